The van der Waals surface area contributed by atoms with Gasteiger partial charge in [0.2, 0.25) is 0 Å². The molecule has 1 aromatic rings. The van der Waals surface area contributed by atoms with Crippen LogP contribution >= 0.6 is 0 Å². The van der Waals surface area contributed by atoms with Crippen LogP contribution < -0.4 is 11.4 Å². The Morgan fingerprint density at radius 2 is 2.40 bits per heavy atom. The number of ether oxygens (including phenoxy) is 1. The lowest BCUT2D eigenvalue weighted by atomic mass is 10.4. The van der Waals surface area contributed by atoms with Gasteiger partial charge in [-0.3, -0.25) is 4.79 Å². The van der Waals surface area contributed by atoms with E-state index in [9.17, 15) is 9.59 Å². The molecule has 1 unspecified atom stereocenters. The van der Waals surface area contributed by atoms with Gasteiger partial charge in [0.25, 0.3) is 0 Å². The van der Waals surface area contributed by atoms with Crippen LogP contribution in [0.4, 0.5) is 5.82 Å². The fraction of sp³-hybridized carbons (Fsp3) is 0.444. The summed E-state index contributed by atoms with van der Waals surface area (Å²) in [6, 6.07) is 1.48. The first-order valence-electron chi connectivity index (χ1n) is 4.56. The van der Waals surface area contributed by atoms with Crippen molar-refractivity contribution in [2.45, 2.75) is 26.5 Å². The summed E-state index contributed by atoms with van der Waals surface area (Å²) >= 11 is 0. The molecule has 0 spiro atoms. The van der Waals surface area contributed by atoms with Crippen LogP contribution in [0.5, 0.6) is 0 Å². The Morgan fingerprint density at radius 1 is 1.73 bits per heavy atom. The SMILES string of the molecule is CCC(OC(C)=O)n1c(N)ccnc1=O. The summed E-state index contributed by atoms with van der Waals surface area (Å²) in [4.78, 5) is 25.8. The molecule has 0 aromatic carbocycles. The molecule has 82 valence electrons. The molecule has 0 saturated carbocycles. The zero-order valence-corrected chi connectivity index (χ0v) is 8.64. The maximum atomic E-state index is 11.4. The molecule has 1 rings (SSSR count). The van der Waals surface area contributed by atoms with Crippen molar-refractivity contribution in [3.8, 4) is 0 Å². The maximum absolute atomic E-state index is 11.4. The average Bonchev–Trinajstić information content (AvgIpc) is 2.15. The van der Waals surface area contributed by atoms with Gasteiger partial charge < -0.3 is 10.5 Å². The van der Waals surface area contributed by atoms with Gasteiger partial charge in [-0.1, -0.05) is 6.92 Å². The molecule has 0 fully saturated rings. The number of carbonyl (C=O) groups is 1. The number of nitrogens with zero attached hydrogens (tertiary/aromatic N) is 2. The molecule has 0 aliphatic rings. The lowest BCUT2D eigenvalue weighted by molar-refractivity contribution is -0.151. The Bertz CT molecular complexity index is 413. The largest absolute Gasteiger partial charge is 0.441 e. The summed E-state index contributed by atoms with van der Waals surface area (Å²) in [5.74, 6) is -0.236. The second-order valence-corrected chi connectivity index (χ2v) is 2.99. The van der Waals surface area contributed by atoms with Crippen LogP contribution in [0.3, 0.4) is 0 Å². The van der Waals surface area contributed by atoms with Gasteiger partial charge in [-0.15, -0.1) is 0 Å². The Kier molecular flexibility index (Phi) is 3.43. The lowest BCUT2D eigenvalue weighted by Gasteiger charge is -2.18. The molecule has 1 heterocycles. The highest BCUT2D eigenvalue weighted by Gasteiger charge is 2.15. The average molecular weight is 211 g/mol. The lowest BCUT2D eigenvalue weighted by Crippen LogP contribution is -2.30. The predicted molar refractivity (Wildman–Crippen MR) is 54.0 cm³/mol. The number of aromatic nitrogens is 2. The minimum Gasteiger partial charge on any atom is -0.441 e. The molecule has 0 saturated heterocycles. The van der Waals surface area contributed by atoms with Gasteiger partial charge in [-0.2, -0.15) is 0 Å². The summed E-state index contributed by atoms with van der Waals surface area (Å²) < 4.78 is 6.11. The summed E-state index contributed by atoms with van der Waals surface area (Å²) in [5, 5.41) is 0. The summed E-state index contributed by atoms with van der Waals surface area (Å²) in [6.45, 7) is 3.06. The molecule has 15 heavy (non-hydrogen) atoms. The third-order valence-electron chi connectivity index (χ3n) is 1.85. The van der Waals surface area contributed by atoms with Gasteiger partial charge in [-0.05, 0) is 6.07 Å². The van der Waals surface area contributed by atoms with Crippen molar-refractivity contribution in [3.05, 3.63) is 22.7 Å². The molecule has 6 heteroatoms. The van der Waals surface area contributed by atoms with E-state index in [2.05, 4.69) is 4.98 Å². The molecule has 1 atom stereocenters. The fourth-order valence-electron chi connectivity index (χ4n) is 1.23. The van der Waals surface area contributed by atoms with Crippen molar-refractivity contribution in [2.75, 3.05) is 5.73 Å². The Labute approximate surface area is 86.7 Å². The minimum atomic E-state index is -0.691. The van der Waals surface area contributed by atoms with E-state index in [0.29, 0.717) is 6.42 Å². The first-order chi connectivity index (χ1) is 7.06. The Morgan fingerprint density at radius 3 is 2.87 bits per heavy atom. The molecule has 0 amide bonds. The number of esters is 1. The Balaban J connectivity index is 3.11. The number of carbonyl (C=O) groups excluding carboxylic acids is 1. The van der Waals surface area contributed by atoms with Gasteiger partial charge in [0, 0.05) is 19.5 Å². The summed E-state index contributed by atoms with van der Waals surface area (Å²) in [7, 11) is 0. The first-order valence-corrected chi connectivity index (χ1v) is 4.56. The van der Waals surface area contributed by atoms with Crippen molar-refractivity contribution in [3.63, 3.8) is 0 Å². The number of nitrogen functional groups attached to an aromatic ring is 1. The van der Waals surface area contributed by atoms with E-state index in [0.717, 1.165) is 4.57 Å². The fourth-order valence-corrected chi connectivity index (χ4v) is 1.23. The van der Waals surface area contributed by atoms with E-state index < -0.39 is 17.9 Å². The molecule has 0 aliphatic heterocycles. The zero-order chi connectivity index (χ0) is 11.4. The maximum Gasteiger partial charge on any atom is 0.352 e. The molecule has 0 bridgehead atoms. The van der Waals surface area contributed by atoms with E-state index >= 15 is 0 Å². The highest BCUT2D eigenvalue weighted by Crippen LogP contribution is 2.14. The molecule has 0 radical (unpaired) electrons. The van der Waals surface area contributed by atoms with Gasteiger partial charge in [0.15, 0.2) is 6.23 Å². The second-order valence-electron chi connectivity index (χ2n) is 2.99. The van der Waals surface area contributed by atoms with Gasteiger partial charge in [-0.25, -0.2) is 14.3 Å². The molecular formula is C9H13N3O3. The Hall–Kier alpha value is -1.85. The predicted octanol–water partition coefficient (Wildman–Crippen LogP) is 0.297. The zero-order valence-electron chi connectivity index (χ0n) is 8.64. The molecule has 6 nitrogen and oxygen atoms in total. The van der Waals surface area contributed by atoms with Crippen LogP contribution in [-0.4, -0.2) is 15.5 Å². The van der Waals surface area contributed by atoms with Crippen LogP contribution in [0.2, 0.25) is 0 Å². The van der Waals surface area contributed by atoms with Crippen molar-refractivity contribution >= 4 is 11.8 Å². The van der Waals surface area contributed by atoms with Crippen molar-refractivity contribution in [1.29, 1.82) is 0 Å². The highest BCUT2D eigenvalue weighted by molar-refractivity contribution is 5.66. The van der Waals surface area contributed by atoms with Gasteiger partial charge >= 0.3 is 11.7 Å². The van der Waals surface area contributed by atoms with Gasteiger partial charge in [0.1, 0.15) is 5.82 Å². The highest BCUT2D eigenvalue weighted by atomic mass is 16.6. The van der Waals surface area contributed by atoms with E-state index in [4.69, 9.17) is 10.5 Å². The van der Waals surface area contributed by atoms with E-state index in [1.165, 1.54) is 19.2 Å². The quantitative estimate of drug-likeness (QED) is 0.726. The monoisotopic (exact) mass is 211 g/mol. The first kappa shape index (κ1) is 11.2. The second kappa shape index (κ2) is 4.59. The van der Waals surface area contributed by atoms with Crippen LogP contribution in [-0.2, 0) is 9.53 Å². The molecule has 2 N–H and O–H groups in total. The van der Waals surface area contributed by atoms with E-state index in [-0.39, 0.29) is 5.82 Å². The van der Waals surface area contributed by atoms with Crippen LogP contribution in [0.1, 0.15) is 26.5 Å². The standard InChI is InChI=1S/C9H13N3O3/c1-3-8(15-6(2)13)12-7(10)4-5-11-9(12)14/h4-5,8H,3,10H2,1-2H3. The normalized spacial score (nSPS) is 12.1. The smallest absolute Gasteiger partial charge is 0.352 e. The topological polar surface area (TPSA) is 87.2 Å². The third kappa shape index (κ3) is 2.55. The van der Waals surface area contributed by atoms with Crippen molar-refractivity contribution in [1.82, 2.24) is 9.55 Å². The number of nitrogens with two attached hydrogens (primary N) is 1. The number of rotatable bonds is 3. The number of hydrogen-bond acceptors (Lipinski definition) is 5. The minimum absolute atomic E-state index is 0.225. The third-order valence-corrected chi connectivity index (χ3v) is 1.85. The number of hydrogen-bond donors (Lipinski definition) is 1. The molecular weight excluding hydrogens is 198 g/mol. The molecule has 1 aromatic heterocycles. The van der Waals surface area contributed by atoms with Crippen LogP contribution in [0.25, 0.3) is 0 Å². The van der Waals surface area contributed by atoms with E-state index in [1.807, 2.05) is 0 Å². The number of anilines is 1. The molecule has 0 aliphatic carbocycles. The van der Waals surface area contributed by atoms with Gasteiger partial charge in [0.05, 0.1) is 0 Å². The van der Waals surface area contributed by atoms with Crippen molar-refractivity contribution in [2.24, 2.45) is 0 Å². The summed E-state index contributed by atoms with van der Waals surface area (Å²) in [6.07, 6.45) is 1.08. The van der Waals surface area contributed by atoms with Crippen molar-refractivity contribution < 1.29 is 9.53 Å². The van der Waals surface area contributed by atoms with Crippen LogP contribution in [0.15, 0.2) is 17.1 Å². The summed E-state index contributed by atoms with van der Waals surface area (Å²) in [5.41, 5.74) is 5.08. The van der Waals surface area contributed by atoms with E-state index in [1.54, 1.807) is 6.92 Å². The van der Waals surface area contributed by atoms with Crippen LogP contribution in [0, 0.1) is 0 Å².